The Balaban J connectivity index is 2.09. The van der Waals surface area contributed by atoms with Crippen molar-refractivity contribution in [3.05, 3.63) is 107 Å². The highest BCUT2D eigenvalue weighted by atomic mass is 35.5. The minimum Gasteiger partial charge on any atom is -0.463 e. The second-order valence-electron chi connectivity index (χ2n) is 6.21. The summed E-state index contributed by atoms with van der Waals surface area (Å²) in [4.78, 5) is 12.3. The largest absolute Gasteiger partial charge is 0.463 e. The Morgan fingerprint density at radius 2 is 1.57 bits per heavy atom. The molecule has 0 heterocycles. The number of esters is 1. The van der Waals surface area contributed by atoms with E-state index in [-0.39, 0.29) is 12.0 Å². The van der Waals surface area contributed by atoms with Gasteiger partial charge in [-0.05, 0) is 47.9 Å². The minimum absolute atomic E-state index is 0.258. The average Bonchev–Trinajstić information content (AvgIpc) is 2.73. The highest BCUT2D eigenvalue weighted by molar-refractivity contribution is 6.30. The Hall–Kier alpha value is -3.04. The van der Waals surface area contributed by atoms with Crippen LogP contribution in [-0.4, -0.2) is 12.6 Å². The molecule has 0 aliphatic rings. The van der Waals surface area contributed by atoms with Crippen LogP contribution in [0.4, 0.5) is 5.69 Å². The van der Waals surface area contributed by atoms with Crippen LogP contribution >= 0.6 is 11.6 Å². The summed E-state index contributed by atoms with van der Waals surface area (Å²) in [6, 6.07) is 27.1. The van der Waals surface area contributed by atoms with Gasteiger partial charge in [-0.15, -0.1) is 0 Å². The number of carbonyl (C=O) groups excluding carboxylic acids is 1. The maximum atomic E-state index is 12.3. The van der Waals surface area contributed by atoms with Gasteiger partial charge in [-0.2, -0.15) is 0 Å². The zero-order valence-electron chi connectivity index (χ0n) is 15.6. The second kappa shape index (κ2) is 9.77. The van der Waals surface area contributed by atoms with E-state index in [2.05, 4.69) is 5.32 Å². The van der Waals surface area contributed by atoms with E-state index >= 15 is 0 Å². The predicted molar refractivity (Wildman–Crippen MR) is 115 cm³/mol. The quantitative estimate of drug-likeness (QED) is 0.388. The monoisotopic (exact) mass is 391 g/mol. The molecule has 1 unspecified atom stereocenters. The molecule has 0 amide bonds. The van der Waals surface area contributed by atoms with Crippen LogP contribution in [0.5, 0.6) is 0 Å². The van der Waals surface area contributed by atoms with Gasteiger partial charge in [-0.1, -0.05) is 72.3 Å². The molecule has 3 aromatic carbocycles. The highest BCUT2D eigenvalue weighted by Crippen LogP contribution is 2.34. The van der Waals surface area contributed by atoms with Crippen molar-refractivity contribution in [2.75, 3.05) is 11.9 Å². The first-order chi connectivity index (χ1) is 13.7. The third-order valence-corrected chi connectivity index (χ3v) is 4.52. The molecule has 0 aromatic heterocycles. The molecular weight excluding hydrogens is 370 g/mol. The molecule has 0 fully saturated rings. The Morgan fingerprint density at radius 1 is 0.964 bits per heavy atom. The lowest BCUT2D eigenvalue weighted by atomic mass is 9.92. The number of benzene rings is 3. The smallest absolute Gasteiger partial charge is 0.331 e. The number of hydrogen-bond acceptors (Lipinski definition) is 3. The number of halogens is 1. The van der Waals surface area contributed by atoms with Crippen LogP contribution in [-0.2, 0) is 9.53 Å². The number of hydrogen-bond donors (Lipinski definition) is 1. The van der Waals surface area contributed by atoms with E-state index in [1.165, 1.54) is 0 Å². The lowest BCUT2D eigenvalue weighted by molar-refractivity contribution is -0.137. The topological polar surface area (TPSA) is 38.3 Å². The Bertz CT molecular complexity index is 922. The van der Waals surface area contributed by atoms with Crippen molar-refractivity contribution in [1.29, 1.82) is 0 Å². The number of rotatable bonds is 7. The van der Waals surface area contributed by atoms with Gasteiger partial charge in [0.2, 0.25) is 0 Å². The fourth-order valence-corrected chi connectivity index (χ4v) is 3.10. The summed E-state index contributed by atoms with van der Waals surface area (Å²) in [6.07, 6.45) is 1.56. The van der Waals surface area contributed by atoms with Crippen molar-refractivity contribution in [3.63, 3.8) is 0 Å². The zero-order chi connectivity index (χ0) is 19.8. The summed E-state index contributed by atoms with van der Waals surface area (Å²) in [5.74, 6) is -0.366. The van der Waals surface area contributed by atoms with Gasteiger partial charge < -0.3 is 10.1 Å². The van der Waals surface area contributed by atoms with Crippen molar-refractivity contribution in [3.8, 4) is 0 Å². The van der Waals surface area contributed by atoms with Gasteiger partial charge in [0, 0.05) is 16.8 Å². The Morgan fingerprint density at radius 3 is 2.18 bits per heavy atom. The van der Waals surface area contributed by atoms with E-state index in [1.54, 1.807) is 13.0 Å². The molecule has 0 aliphatic carbocycles. The van der Waals surface area contributed by atoms with Crippen molar-refractivity contribution < 1.29 is 9.53 Å². The van der Waals surface area contributed by atoms with Crippen LogP contribution in [0.15, 0.2) is 91.0 Å². The number of para-hydroxylation sites is 1. The van der Waals surface area contributed by atoms with Gasteiger partial charge in [-0.3, -0.25) is 0 Å². The second-order valence-corrected chi connectivity index (χ2v) is 6.65. The summed E-state index contributed by atoms with van der Waals surface area (Å²) in [5.41, 5.74) is 3.71. The van der Waals surface area contributed by atoms with Gasteiger partial charge in [0.05, 0.1) is 12.6 Å². The molecule has 0 radical (unpaired) electrons. The molecule has 3 aromatic rings. The fourth-order valence-electron chi connectivity index (χ4n) is 2.97. The first kappa shape index (κ1) is 19.7. The van der Waals surface area contributed by atoms with Gasteiger partial charge in [0.25, 0.3) is 0 Å². The highest BCUT2D eigenvalue weighted by Gasteiger charge is 2.20. The van der Waals surface area contributed by atoms with Crippen LogP contribution in [0.1, 0.15) is 24.1 Å². The molecule has 3 rings (SSSR count). The third-order valence-electron chi connectivity index (χ3n) is 4.27. The van der Waals surface area contributed by atoms with E-state index in [0.717, 1.165) is 22.4 Å². The average molecular weight is 392 g/mol. The van der Waals surface area contributed by atoms with Crippen molar-refractivity contribution in [1.82, 2.24) is 0 Å². The lowest BCUT2D eigenvalue weighted by Gasteiger charge is -2.24. The molecule has 142 valence electrons. The van der Waals surface area contributed by atoms with Gasteiger partial charge in [0.15, 0.2) is 0 Å². The third kappa shape index (κ3) is 5.24. The first-order valence-electron chi connectivity index (χ1n) is 9.18. The molecule has 3 nitrogen and oxygen atoms in total. The van der Waals surface area contributed by atoms with E-state index in [4.69, 9.17) is 16.3 Å². The molecule has 0 bridgehead atoms. The summed E-state index contributed by atoms with van der Waals surface area (Å²) in [5, 5.41) is 4.21. The Kier molecular flexibility index (Phi) is 6.88. The van der Waals surface area contributed by atoms with Gasteiger partial charge >= 0.3 is 5.97 Å². The molecule has 1 N–H and O–H groups in total. The number of anilines is 1. The number of ether oxygens (including phenoxy) is 1. The normalized spacial score (nSPS) is 12.3. The van der Waals surface area contributed by atoms with Crippen LogP contribution in [0.2, 0.25) is 5.02 Å². The zero-order valence-corrected chi connectivity index (χ0v) is 16.4. The molecule has 0 spiro atoms. The molecule has 0 saturated carbocycles. The molecule has 1 atom stereocenters. The van der Waals surface area contributed by atoms with E-state index < -0.39 is 0 Å². The maximum Gasteiger partial charge on any atom is 0.331 e. The fraction of sp³-hybridized carbons (Fsp3) is 0.125. The molecular formula is C24H22ClNO2. The summed E-state index contributed by atoms with van der Waals surface area (Å²) < 4.78 is 5.19. The van der Waals surface area contributed by atoms with Crippen LogP contribution in [0, 0.1) is 0 Å². The predicted octanol–water partition coefficient (Wildman–Crippen LogP) is 6.14. The number of carbonyl (C=O) groups is 1. The van der Waals surface area contributed by atoms with E-state index in [0.29, 0.717) is 11.6 Å². The molecule has 0 saturated heterocycles. The first-order valence-corrected chi connectivity index (χ1v) is 9.56. The Labute approximate surface area is 170 Å². The van der Waals surface area contributed by atoms with Gasteiger partial charge in [-0.25, -0.2) is 4.79 Å². The van der Waals surface area contributed by atoms with Crippen LogP contribution in [0.3, 0.4) is 0 Å². The maximum absolute atomic E-state index is 12.3. The summed E-state index contributed by atoms with van der Waals surface area (Å²) in [7, 11) is 0. The van der Waals surface area contributed by atoms with E-state index in [9.17, 15) is 4.79 Å². The van der Waals surface area contributed by atoms with Crippen LogP contribution < -0.4 is 5.32 Å². The standard InChI is InChI=1S/C24H22ClNO2/c1-2-28-23(27)17-22(18-9-5-3-6-10-18)24(19-13-15-20(25)16-14-19)26-21-11-7-4-8-12-21/h3-17,24,26H,2H2,1H3/b22-17+. The van der Waals surface area contributed by atoms with Crippen molar-refractivity contribution in [2.45, 2.75) is 13.0 Å². The lowest BCUT2D eigenvalue weighted by Crippen LogP contribution is -2.15. The molecule has 28 heavy (non-hydrogen) atoms. The molecule has 4 heteroatoms. The van der Waals surface area contributed by atoms with Crippen molar-refractivity contribution >= 4 is 28.8 Å². The minimum atomic E-state index is -0.366. The molecule has 0 aliphatic heterocycles. The summed E-state index contributed by atoms with van der Waals surface area (Å²) >= 11 is 6.09. The van der Waals surface area contributed by atoms with Gasteiger partial charge in [0.1, 0.15) is 0 Å². The SMILES string of the molecule is CCOC(=O)/C=C(\c1ccccc1)C(Nc1ccccc1)c1ccc(Cl)cc1. The number of nitrogens with one attached hydrogen (secondary N) is 1. The van der Waals surface area contributed by atoms with Crippen LogP contribution in [0.25, 0.3) is 5.57 Å². The van der Waals surface area contributed by atoms with E-state index in [1.807, 2.05) is 84.9 Å². The van der Waals surface area contributed by atoms with Crippen molar-refractivity contribution in [2.24, 2.45) is 0 Å². The summed E-state index contributed by atoms with van der Waals surface area (Å²) in [6.45, 7) is 2.13.